The first-order valence-electron chi connectivity index (χ1n) is 12.2. The molecule has 4 amide bonds. The lowest BCUT2D eigenvalue weighted by molar-refractivity contribution is -0.143. The van der Waals surface area contributed by atoms with Gasteiger partial charge < -0.3 is 19.6 Å². The number of nitrogens with zero attached hydrogens (tertiary/aromatic N) is 3. The maximum atomic E-state index is 12.8. The predicted molar refractivity (Wildman–Crippen MR) is 132 cm³/mol. The van der Waals surface area contributed by atoms with E-state index in [0.29, 0.717) is 31.9 Å². The number of fused-ring (bicyclic) bond motifs is 1. The van der Waals surface area contributed by atoms with Gasteiger partial charge in [-0.05, 0) is 43.2 Å². The van der Waals surface area contributed by atoms with Gasteiger partial charge in [0.2, 0.25) is 11.8 Å². The van der Waals surface area contributed by atoms with E-state index < -0.39 is 23.8 Å². The summed E-state index contributed by atoms with van der Waals surface area (Å²) in [4.78, 5) is 66.5. The Balaban J connectivity index is 1.24. The highest BCUT2D eigenvalue weighted by molar-refractivity contribution is 6.22. The van der Waals surface area contributed by atoms with Gasteiger partial charge in [0.15, 0.2) is 0 Å². The molecule has 1 fully saturated rings. The second-order valence-electron chi connectivity index (χ2n) is 9.10. The first-order chi connectivity index (χ1) is 17.8. The Morgan fingerprint density at radius 1 is 0.865 bits per heavy atom. The van der Waals surface area contributed by atoms with Crippen molar-refractivity contribution in [3.8, 4) is 5.75 Å². The predicted octanol–water partition coefficient (Wildman–Crippen LogP) is 1.96. The highest BCUT2D eigenvalue weighted by Crippen LogP contribution is 2.26. The van der Waals surface area contributed by atoms with Crippen LogP contribution in [0.1, 0.15) is 45.5 Å². The Morgan fingerprint density at radius 3 is 1.97 bits per heavy atom. The third kappa shape index (κ3) is 5.79. The minimum absolute atomic E-state index is 0.0590. The van der Waals surface area contributed by atoms with Crippen LogP contribution in [-0.2, 0) is 14.4 Å². The van der Waals surface area contributed by atoms with Crippen LogP contribution in [0.3, 0.4) is 0 Å². The quantitative estimate of drug-likeness (QED) is 0.515. The molecule has 2 aromatic carbocycles. The van der Waals surface area contributed by atoms with E-state index in [2.05, 4.69) is 0 Å². The molecule has 0 spiro atoms. The second kappa shape index (κ2) is 11.2. The number of carbonyl (C=O) groups excluding carboxylic acids is 4. The monoisotopic (exact) mass is 507 g/mol. The average molecular weight is 508 g/mol. The van der Waals surface area contributed by atoms with E-state index in [9.17, 15) is 29.1 Å². The summed E-state index contributed by atoms with van der Waals surface area (Å²) in [5.74, 6) is -2.30. The fourth-order valence-electron chi connectivity index (χ4n) is 4.60. The van der Waals surface area contributed by atoms with Crippen LogP contribution >= 0.6 is 0 Å². The van der Waals surface area contributed by atoms with E-state index in [1.807, 2.05) is 31.2 Å². The van der Waals surface area contributed by atoms with Crippen molar-refractivity contribution in [2.75, 3.05) is 32.8 Å². The number of piperazine rings is 1. The van der Waals surface area contributed by atoms with Crippen molar-refractivity contribution in [3.63, 3.8) is 0 Å². The van der Waals surface area contributed by atoms with Gasteiger partial charge in [0.25, 0.3) is 11.8 Å². The van der Waals surface area contributed by atoms with Crippen molar-refractivity contribution in [1.82, 2.24) is 14.7 Å². The Labute approximate surface area is 214 Å². The molecule has 194 valence electrons. The van der Waals surface area contributed by atoms with Crippen LogP contribution in [0.5, 0.6) is 5.75 Å². The normalized spacial score (nSPS) is 16.0. The van der Waals surface area contributed by atoms with Crippen LogP contribution < -0.4 is 4.74 Å². The van der Waals surface area contributed by atoms with Crippen molar-refractivity contribution >= 4 is 29.6 Å². The molecule has 2 aromatic rings. The summed E-state index contributed by atoms with van der Waals surface area (Å²) in [6.45, 7) is 3.62. The van der Waals surface area contributed by atoms with Gasteiger partial charge in [-0.25, -0.2) is 4.79 Å². The van der Waals surface area contributed by atoms with Crippen LogP contribution in [-0.4, -0.2) is 88.2 Å². The van der Waals surface area contributed by atoms with Gasteiger partial charge in [0.1, 0.15) is 11.8 Å². The molecule has 0 saturated carbocycles. The molecule has 10 heteroatoms. The van der Waals surface area contributed by atoms with E-state index in [4.69, 9.17) is 4.74 Å². The SMILES string of the molecule is Cc1cccc(OCCC(=O)N2CCN(C(=O)CC[C@@H](C(=O)O)N3C(=O)c4ccccc4C3=O)CC2)c1. The zero-order chi connectivity index (χ0) is 26.5. The van der Waals surface area contributed by atoms with Gasteiger partial charge in [-0.1, -0.05) is 24.3 Å². The van der Waals surface area contributed by atoms with Crippen LogP contribution in [0, 0.1) is 6.92 Å². The number of rotatable bonds is 9. The van der Waals surface area contributed by atoms with Crippen molar-refractivity contribution in [1.29, 1.82) is 0 Å². The van der Waals surface area contributed by atoms with Crippen LogP contribution in [0.25, 0.3) is 0 Å². The highest BCUT2D eigenvalue weighted by atomic mass is 16.5. The summed E-state index contributed by atoms with van der Waals surface area (Å²) >= 11 is 0. The van der Waals surface area contributed by atoms with Gasteiger partial charge >= 0.3 is 5.97 Å². The molecule has 4 rings (SSSR count). The van der Waals surface area contributed by atoms with Crippen LogP contribution in [0.15, 0.2) is 48.5 Å². The number of carboxylic acids is 1. The third-order valence-corrected chi connectivity index (χ3v) is 6.61. The summed E-state index contributed by atoms with van der Waals surface area (Å²) in [6.07, 6.45) is -0.0970. The van der Waals surface area contributed by atoms with Crippen molar-refractivity contribution < 1.29 is 33.8 Å². The van der Waals surface area contributed by atoms with Crippen LogP contribution in [0.2, 0.25) is 0 Å². The number of aryl methyl sites for hydroxylation is 1. The fourth-order valence-corrected chi connectivity index (χ4v) is 4.60. The molecule has 2 heterocycles. The summed E-state index contributed by atoms with van der Waals surface area (Å²) in [5.41, 5.74) is 1.40. The van der Waals surface area contributed by atoms with E-state index in [1.165, 1.54) is 12.1 Å². The first kappa shape index (κ1) is 25.9. The van der Waals surface area contributed by atoms with Gasteiger partial charge in [0.05, 0.1) is 24.2 Å². The topological polar surface area (TPSA) is 125 Å². The molecule has 2 aliphatic rings. The number of aliphatic carboxylic acids is 1. The minimum Gasteiger partial charge on any atom is -0.493 e. The number of carbonyl (C=O) groups is 5. The highest BCUT2D eigenvalue weighted by Gasteiger charge is 2.42. The minimum atomic E-state index is -1.44. The number of imide groups is 1. The lowest BCUT2D eigenvalue weighted by atomic mass is 10.1. The summed E-state index contributed by atoms with van der Waals surface area (Å²) in [6, 6.07) is 12.3. The van der Waals surface area contributed by atoms with Gasteiger partial charge in [-0.3, -0.25) is 24.1 Å². The molecule has 37 heavy (non-hydrogen) atoms. The maximum Gasteiger partial charge on any atom is 0.326 e. The van der Waals surface area contributed by atoms with Crippen LogP contribution in [0.4, 0.5) is 0 Å². The van der Waals surface area contributed by atoms with Crippen molar-refractivity contribution in [3.05, 3.63) is 65.2 Å². The number of carboxylic acid groups (broad SMARTS) is 1. The van der Waals surface area contributed by atoms with E-state index >= 15 is 0 Å². The summed E-state index contributed by atoms with van der Waals surface area (Å²) in [7, 11) is 0. The van der Waals surface area contributed by atoms with Gasteiger partial charge in [-0.15, -0.1) is 0 Å². The fraction of sp³-hybridized carbons (Fsp3) is 0.370. The Morgan fingerprint density at radius 2 is 1.43 bits per heavy atom. The number of hydrogen-bond donors (Lipinski definition) is 1. The molecular weight excluding hydrogens is 478 g/mol. The van der Waals surface area contributed by atoms with E-state index in [0.717, 1.165) is 10.5 Å². The Hall–Kier alpha value is -4.21. The average Bonchev–Trinajstić information content (AvgIpc) is 3.14. The molecule has 2 aliphatic heterocycles. The lowest BCUT2D eigenvalue weighted by Crippen LogP contribution is -2.51. The Kier molecular flexibility index (Phi) is 7.86. The first-order valence-corrected chi connectivity index (χ1v) is 12.2. The van der Waals surface area contributed by atoms with Crippen molar-refractivity contribution in [2.45, 2.75) is 32.2 Å². The molecule has 0 bridgehead atoms. The molecule has 0 aromatic heterocycles. The zero-order valence-electron chi connectivity index (χ0n) is 20.6. The molecule has 1 atom stereocenters. The maximum absolute atomic E-state index is 12.8. The standard InChI is InChI=1S/C27H29N3O7/c1-18-5-4-6-19(17-18)37-16-11-24(32)29-14-12-28(13-15-29)23(31)10-9-22(27(35)36)30-25(33)20-7-2-3-8-21(20)26(30)34/h2-8,17,22H,9-16H2,1H3,(H,35,36)/t22-/m0/s1. The van der Waals surface area contributed by atoms with Gasteiger partial charge in [0, 0.05) is 32.6 Å². The molecular formula is C27H29N3O7. The summed E-state index contributed by atoms with van der Waals surface area (Å²) < 4.78 is 5.65. The number of amides is 4. The zero-order valence-corrected chi connectivity index (χ0v) is 20.6. The number of benzene rings is 2. The smallest absolute Gasteiger partial charge is 0.326 e. The third-order valence-electron chi connectivity index (χ3n) is 6.61. The molecule has 0 unspecified atom stereocenters. The van der Waals surface area contributed by atoms with E-state index in [-0.39, 0.29) is 48.8 Å². The molecule has 10 nitrogen and oxygen atoms in total. The second-order valence-corrected chi connectivity index (χ2v) is 9.10. The number of ether oxygens (including phenoxy) is 1. The molecule has 1 saturated heterocycles. The molecule has 1 N–H and O–H groups in total. The Bertz CT molecular complexity index is 1180. The van der Waals surface area contributed by atoms with Gasteiger partial charge in [-0.2, -0.15) is 0 Å². The number of hydrogen-bond acceptors (Lipinski definition) is 6. The largest absolute Gasteiger partial charge is 0.493 e. The molecule has 0 radical (unpaired) electrons. The lowest BCUT2D eigenvalue weighted by Gasteiger charge is -2.35. The molecule has 0 aliphatic carbocycles. The van der Waals surface area contributed by atoms with Crippen molar-refractivity contribution in [2.24, 2.45) is 0 Å². The van der Waals surface area contributed by atoms with E-state index in [1.54, 1.807) is 21.9 Å². The summed E-state index contributed by atoms with van der Waals surface area (Å²) in [5, 5.41) is 9.70.